The lowest BCUT2D eigenvalue weighted by molar-refractivity contribution is 0.145. The van der Waals surface area contributed by atoms with E-state index < -0.39 is 0 Å². The van der Waals surface area contributed by atoms with E-state index in [9.17, 15) is 0 Å². The first-order valence-corrected chi connectivity index (χ1v) is 10.8. The number of hydrogen-bond donors (Lipinski definition) is 1. The summed E-state index contributed by atoms with van der Waals surface area (Å²) in [7, 11) is 0. The van der Waals surface area contributed by atoms with Gasteiger partial charge < -0.3 is 10.2 Å². The van der Waals surface area contributed by atoms with Gasteiger partial charge in [-0.2, -0.15) is 0 Å². The van der Waals surface area contributed by atoms with Gasteiger partial charge in [-0.05, 0) is 87.8 Å². The van der Waals surface area contributed by atoms with Crippen LogP contribution in [-0.4, -0.2) is 37.6 Å². The molecule has 0 amide bonds. The van der Waals surface area contributed by atoms with E-state index in [0.717, 1.165) is 47.0 Å². The van der Waals surface area contributed by atoms with Crippen LogP contribution in [0.3, 0.4) is 0 Å². The van der Waals surface area contributed by atoms with Gasteiger partial charge in [0.2, 0.25) is 0 Å². The third-order valence-electron chi connectivity index (χ3n) is 5.99. The summed E-state index contributed by atoms with van der Waals surface area (Å²) in [5, 5.41) is 5.18. The molecule has 3 rings (SSSR count). The first-order chi connectivity index (χ1) is 12.2. The van der Waals surface area contributed by atoms with Crippen LogP contribution in [0.15, 0.2) is 18.2 Å². The maximum atomic E-state index is 6.24. The summed E-state index contributed by atoms with van der Waals surface area (Å²) >= 11 is 12.5. The fraction of sp³-hybridized carbons (Fsp3) is 0.714. The Bertz CT molecular complexity index is 500. The van der Waals surface area contributed by atoms with E-state index in [-0.39, 0.29) is 0 Å². The molecular weight excluding hydrogens is 351 g/mol. The summed E-state index contributed by atoms with van der Waals surface area (Å²) in [6.07, 6.45) is 10.9. The molecular formula is C21H32Cl2N2. The zero-order valence-electron chi connectivity index (χ0n) is 15.3. The topological polar surface area (TPSA) is 15.3 Å². The van der Waals surface area contributed by atoms with E-state index in [1.807, 2.05) is 18.2 Å². The van der Waals surface area contributed by atoms with Gasteiger partial charge in [-0.15, -0.1) is 0 Å². The molecule has 1 heterocycles. The number of nitrogens with one attached hydrogen (secondary N) is 1. The van der Waals surface area contributed by atoms with Gasteiger partial charge >= 0.3 is 0 Å². The minimum absolute atomic E-state index is 0.783. The smallest absolute Gasteiger partial charge is 0.0453 e. The summed E-state index contributed by atoms with van der Waals surface area (Å²) in [5.74, 6) is 1.80. The molecule has 1 saturated heterocycles. The number of halogens is 2. The number of benzene rings is 1. The van der Waals surface area contributed by atoms with Crippen molar-refractivity contribution in [3.8, 4) is 0 Å². The predicted molar refractivity (Wildman–Crippen MR) is 109 cm³/mol. The van der Waals surface area contributed by atoms with Crippen LogP contribution in [0.1, 0.15) is 50.5 Å². The summed E-state index contributed by atoms with van der Waals surface area (Å²) in [6.45, 7) is 6.01. The Hall–Kier alpha value is -0.280. The van der Waals surface area contributed by atoms with E-state index in [1.165, 1.54) is 64.6 Å². The number of nitrogens with zero attached hydrogens (tertiary/aromatic N) is 1. The monoisotopic (exact) mass is 382 g/mol. The van der Waals surface area contributed by atoms with Crippen molar-refractivity contribution in [2.24, 2.45) is 11.8 Å². The second kappa shape index (κ2) is 10.2. The standard InChI is InChI=1S/C21H32Cl2N2/c22-20-7-4-8-21(23)19(20)9-12-24-15-17-10-13-25(14-11-17)16-18-5-2-1-3-6-18/h4,7-8,17-18,24H,1-3,5-6,9-16H2. The highest BCUT2D eigenvalue weighted by molar-refractivity contribution is 6.35. The Labute approximate surface area is 163 Å². The highest BCUT2D eigenvalue weighted by atomic mass is 35.5. The third kappa shape index (κ3) is 6.13. The predicted octanol–water partition coefficient (Wildman–Crippen LogP) is 5.42. The molecule has 2 nitrogen and oxygen atoms in total. The molecule has 0 aromatic heterocycles. The van der Waals surface area contributed by atoms with Gasteiger partial charge in [-0.1, -0.05) is 48.5 Å². The fourth-order valence-electron chi connectivity index (χ4n) is 4.40. The molecule has 140 valence electrons. The van der Waals surface area contributed by atoms with E-state index >= 15 is 0 Å². The number of piperidine rings is 1. The van der Waals surface area contributed by atoms with Crippen LogP contribution in [0.25, 0.3) is 0 Å². The minimum Gasteiger partial charge on any atom is -0.316 e. The van der Waals surface area contributed by atoms with Crippen LogP contribution in [0, 0.1) is 11.8 Å². The van der Waals surface area contributed by atoms with E-state index in [4.69, 9.17) is 23.2 Å². The Morgan fingerprint density at radius 1 is 0.920 bits per heavy atom. The maximum Gasteiger partial charge on any atom is 0.0453 e. The molecule has 0 unspecified atom stereocenters. The molecule has 2 fully saturated rings. The number of likely N-dealkylation sites (tertiary alicyclic amines) is 1. The van der Waals surface area contributed by atoms with Gasteiger partial charge in [-0.3, -0.25) is 0 Å². The number of hydrogen-bond acceptors (Lipinski definition) is 2. The largest absolute Gasteiger partial charge is 0.316 e. The Morgan fingerprint density at radius 2 is 1.60 bits per heavy atom. The Balaban J connectivity index is 1.30. The van der Waals surface area contributed by atoms with Crippen molar-refractivity contribution in [1.29, 1.82) is 0 Å². The van der Waals surface area contributed by atoms with Crippen molar-refractivity contribution < 1.29 is 0 Å². The average molecular weight is 383 g/mol. The lowest BCUT2D eigenvalue weighted by Crippen LogP contribution is -2.40. The van der Waals surface area contributed by atoms with Gasteiger partial charge in [0.25, 0.3) is 0 Å². The molecule has 1 aliphatic heterocycles. The van der Waals surface area contributed by atoms with Crippen LogP contribution in [0.2, 0.25) is 10.0 Å². The van der Waals surface area contributed by atoms with E-state index in [0.29, 0.717) is 0 Å². The molecule has 2 aliphatic rings. The first kappa shape index (κ1) is 19.5. The molecule has 1 aliphatic carbocycles. The molecule has 0 bridgehead atoms. The van der Waals surface area contributed by atoms with Gasteiger partial charge in [0, 0.05) is 16.6 Å². The normalized spacial score (nSPS) is 20.9. The molecule has 1 aromatic carbocycles. The Kier molecular flexibility index (Phi) is 7.91. The van der Waals surface area contributed by atoms with Crippen molar-refractivity contribution in [1.82, 2.24) is 10.2 Å². The lowest BCUT2D eigenvalue weighted by atomic mass is 9.88. The average Bonchev–Trinajstić information content (AvgIpc) is 2.63. The van der Waals surface area contributed by atoms with Crippen LogP contribution in [-0.2, 0) is 6.42 Å². The molecule has 0 spiro atoms. The van der Waals surface area contributed by atoms with Crippen molar-refractivity contribution >= 4 is 23.2 Å². The van der Waals surface area contributed by atoms with Crippen LogP contribution < -0.4 is 5.32 Å². The summed E-state index contributed by atoms with van der Waals surface area (Å²) in [6, 6.07) is 5.75. The molecule has 25 heavy (non-hydrogen) atoms. The van der Waals surface area contributed by atoms with Gasteiger partial charge in [0.05, 0.1) is 0 Å². The fourth-order valence-corrected chi connectivity index (χ4v) is 4.99. The van der Waals surface area contributed by atoms with Gasteiger partial charge in [-0.25, -0.2) is 0 Å². The number of rotatable bonds is 7. The second-order valence-electron chi connectivity index (χ2n) is 7.90. The van der Waals surface area contributed by atoms with E-state index in [1.54, 1.807) is 0 Å². The SMILES string of the molecule is Clc1cccc(Cl)c1CCNCC1CCN(CC2CCCCC2)CC1. The zero-order chi connectivity index (χ0) is 17.5. The molecule has 1 saturated carbocycles. The molecule has 4 heteroatoms. The van der Waals surface area contributed by atoms with Crippen LogP contribution in [0.4, 0.5) is 0 Å². The van der Waals surface area contributed by atoms with Crippen molar-refractivity contribution in [3.63, 3.8) is 0 Å². The maximum absolute atomic E-state index is 6.24. The van der Waals surface area contributed by atoms with Crippen LogP contribution in [0.5, 0.6) is 0 Å². The van der Waals surface area contributed by atoms with Gasteiger partial charge in [0.1, 0.15) is 0 Å². The Morgan fingerprint density at radius 3 is 2.28 bits per heavy atom. The molecule has 0 radical (unpaired) electrons. The summed E-state index contributed by atoms with van der Waals surface area (Å²) < 4.78 is 0. The van der Waals surface area contributed by atoms with Crippen molar-refractivity contribution in [2.45, 2.75) is 51.4 Å². The highest BCUT2D eigenvalue weighted by Gasteiger charge is 2.22. The third-order valence-corrected chi connectivity index (χ3v) is 6.70. The van der Waals surface area contributed by atoms with Crippen molar-refractivity contribution in [3.05, 3.63) is 33.8 Å². The minimum atomic E-state index is 0.783. The first-order valence-electron chi connectivity index (χ1n) is 10.1. The lowest BCUT2D eigenvalue weighted by Gasteiger charge is -2.35. The molecule has 1 N–H and O–H groups in total. The second-order valence-corrected chi connectivity index (χ2v) is 8.72. The molecule has 1 aromatic rings. The van der Waals surface area contributed by atoms with Crippen molar-refractivity contribution in [2.75, 3.05) is 32.7 Å². The highest BCUT2D eigenvalue weighted by Crippen LogP contribution is 2.27. The summed E-state index contributed by atoms with van der Waals surface area (Å²) in [4.78, 5) is 2.72. The van der Waals surface area contributed by atoms with E-state index in [2.05, 4.69) is 10.2 Å². The summed E-state index contributed by atoms with van der Waals surface area (Å²) in [5.41, 5.74) is 1.07. The van der Waals surface area contributed by atoms with Gasteiger partial charge in [0.15, 0.2) is 0 Å². The van der Waals surface area contributed by atoms with Crippen LogP contribution >= 0.6 is 23.2 Å². The zero-order valence-corrected chi connectivity index (χ0v) is 16.8. The molecule has 0 atom stereocenters. The quantitative estimate of drug-likeness (QED) is 0.633.